The van der Waals surface area contributed by atoms with Crippen molar-refractivity contribution < 1.29 is 34.2 Å². The van der Waals surface area contributed by atoms with Crippen LogP contribution in [-0.2, 0) is 30.4 Å². The molecule has 0 spiro atoms. The van der Waals surface area contributed by atoms with Crippen LogP contribution in [0.25, 0.3) is 0 Å². The average Bonchev–Trinajstić information content (AvgIpc) is 2.76. The maximum absolute atomic E-state index is 12.6. The molecular weight excluding hydrogens is 454 g/mol. The molecule has 4 amide bonds. The molecule has 1 aromatic carbocycles. The van der Waals surface area contributed by atoms with Crippen LogP contribution in [0.4, 0.5) is 0 Å². The number of nitrogens with one attached hydrogen (secondary N) is 3. The van der Waals surface area contributed by atoms with Crippen LogP contribution in [0.1, 0.15) is 25.3 Å². The third-order valence-corrected chi connectivity index (χ3v) is 4.98. The van der Waals surface area contributed by atoms with Gasteiger partial charge < -0.3 is 37.6 Å². The van der Waals surface area contributed by atoms with Crippen molar-refractivity contribution in [2.75, 3.05) is 5.75 Å². The van der Waals surface area contributed by atoms with Gasteiger partial charge in [0.1, 0.15) is 23.9 Å². The van der Waals surface area contributed by atoms with E-state index in [0.29, 0.717) is 5.56 Å². The Kier molecular flexibility index (Phi) is 11.2. The predicted octanol–water partition coefficient (Wildman–Crippen LogP) is -1.98. The molecule has 0 heterocycles. The summed E-state index contributed by atoms with van der Waals surface area (Å²) in [7, 11) is 0. The molecule has 1 rings (SSSR count). The summed E-state index contributed by atoms with van der Waals surface area (Å²) in [6.45, 7) is 1.33. The molecule has 0 aliphatic heterocycles. The van der Waals surface area contributed by atoms with Gasteiger partial charge in [0, 0.05) is 18.6 Å². The summed E-state index contributed by atoms with van der Waals surface area (Å²) in [5.41, 5.74) is 11.2. The number of primary amides is 1. The van der Waals surface area contributed by atoms with Crippen molar-refractivity contribution in [2.24, 2.45) is 11.5 Å². The second-order valence-corrected chi connectivity index (χ2v) is 7.72. The number of carbonyl (C=O) groups is 5. The fraction of sp³-hybridized carbons (Fsp3) is 0.450. The number of thiol groups is 1. The standard InChI is InChI=1S/C20H29N5O7S/c1-10(17(28)25-15(20(31)32)8-11-2-4-12(26)5-3-11)23-19(30)14(6-7-16(22)27)24-18(29)13(21)9-33/h2-5,10,13-15,26,33H,6-9,21H2,1H3,(H2,22,27)(H,23,30)(H,24,29)(H,25,28)(H,31,32). The van der Waals surface area contributed by atoms with Crippen molar-refractivity contribution >= 4 is 42.2 Å². The lowest BCUT2D eigenvalue weighted by Gasteiger charge is -2.23. The molecule has 33 heavy (non-hydrogen) atoms. The summed E-state index contributed by atoms with van der Waals surface area (Å²) in [6.07, 6.45) is -0.386. The molecule has 0 fully saturated rings. The number of hydrogen-bond donors (Lipinski definition) is 8. The minimum absolute atomic E-state index is 0.0132. The largest absolute Gasteiger partial charge is 0.508 e. The number of carbonyl (C=O) groups excluding carboxylic acids is 4. The van der Waals surface area contributed by atoms with E-state index in [-0.39, 0.29) is 30.8 Å². The highest BCUT2D eigenvalue weighted by Crippen LogP contribution is 2.11. The van der Waals surface area contributed by atoms with Crippen molar-refractivity contribution in [3.63, 3.8) is 0 Å². The molecule has 0 aliphatic carbocycles. The minimum atomic E-state index is -1.29. The minimum Gasteiger partial charge on any atom is -0.508 e. The SMILES string of the molecule is CC(NC(=O)C(CCC(N)=O)NC(=O)C(N)CS)C(=O)NC(Cc1ccc(O)cc1)C(=O)O. The van der Waals surface area contributed by atoms with E-state index in [1.165, 1.54) is 31.2 Å². The Morgan fingerprint density at radius 2 is 1.55 bits per heavy atom. The van der Waals surface area contributed by atoms with Gasteiger partial charge in [0.2, 0.25) is 23.6 Å². The topological polar surface area (TPSA) is 214 Å². The number of hydrogen-bond acceptors (Lipinski definition) is 8. The molecule has 0 aromatic heterocycles. The van der Waals surface area contributed by atoms with Crippen LogP contribution >= 0.6 is 12.6 Å². The zero-order valence-corrected chi connectivity index (χ0v) is 18.9. The van der Waals surface area contributed by atoms with E-state index in [2.05, 4.69) is 28.6 Å². The number of carboxylic acids is 1. The molecule has 0 bridgehead atoms. The van der Waals surface area contributed by atoms with Crippen LogP contribution < -0.4 is 27.4 Å². The van der Waals surface area contributed by atoms with E-state index in [9.17, 15) is 34.2 Å². The number of phenols is 1. The van der Waals surface area contributed by atoms with Crippen LogP contribution in [0, 0.1) is 0 Å². The molecule has 1 aromatic rings. The predicted molar refractivity (Wildman–Crippen MR) is 121 cm³/mol. The van der Waals surface area contributed by atoms with Crippen LogP contribution in [0.15, 0.2) is 24.3 Å². The van der Waals surface area contributed by atoms with Gasteiger partial charge in [0.15, 0.2) is 0 Å². The lowest BCUT2D eigenvalue weighted by atomic mass is 10.1. The number of benzene rings is 1. The monoisotopic (exact) mass is 483 g/mol. The maximum atomic E-state index is 12.6. The summed E-state index contributed by atoms with van der Waals surface area (Å²) < 4.78 is 0. The second-order valence-electron chi connectivity index (χ2n) is 7.36. The van der Waals surface area contributed by atoms with Gasteiger partial charge in [0.25, 0.3) is 0 Å². The van der Waals surface area contributed by atoms with Gasteiger partial charge in [-0.05, 0) is 31.0 Å². The Morgan fingerprint density at radius 3 is 2.06 bits per heavy atom. The van der Waals surface area contributed by atoms with Crippen molar-refractivity contribution in [3.05, 3.63) is 29.8 Å². The highest BCUT2D eigenvalue weighted by Gasteiger charge is 2.28. The zero-order chi connectivity index (χ0) is 25.1. The molecule has 0 saturated carbocycles. The number of carboxylic acid groups (broad SMARTS) is 1. The van der Waals surface area contributed by atoms with E-state index in [0.717, 1.165) is 0 Å². The van der Waals surface area contributed by atoms with Gasteiger partial charge in [-0.3, -0.25) is 19.2 Å². The fourth-order valence-electron chi connectivity index (χ4n) is 2.66. The molecule has 182 valence electrons. The van der Waals surface area contributed by atoms with Gasteiger partial charge in [0.05, 0.1) is 6.04 Å². The Bertz CT molecular complexity index is 865. The molecule has 12 nitrogen and oxygen atoms in total. The molecule has 0 radical (unpaired) electrons. The third-order valence-electron chi connectivity index (χ3n) is 4.59. The first kappa shape index (κ1) is 27.7. The Hall–Kier alpha value is -3.32. The molecular formula is C20H29N5O7S. The van der Waals surface area contributed by atoms with Crippen LogP contribution in [0.2, 0.25) is 0 Å². The van der Waals surface area contributed by atoms with Gasteiger partial charge in [-0.1, -0.05) is 12.1 Å². The van der Waals surface area contributed by atoms with Crippen LogP contribution in [-0.4, -0.2) is 69.7 Å². The summed E-state index contributed by atoms with van der Waals surface area (Å²) >= 11 is 3.91. The lowest BCUT2D eigenvalue weighted by molar-refractivity contribution is -0.142. The van der Waals surface area contributed by atoms with E-state index >= 15 is 0 Å². The average molecular weight is 484 g/mol. The lowest BCUT2D eigenvalue weighted by Crippen LogP contribution is -2.56. The first-order valence-corrected chi connectivity index (χ1v) is 10.6. The number of amides is 4. The number of rotatable bonds is 13. The molecule has 9 N–H and O–H groups in total. The number of nitrogens with two attached hydrogens (primary N) is 2. The van der Waals surface area contributed by atoms with E-state index in [1.807, 2.05) is 0 Å². The highest BCUT2D eigenvalue weighted by atomic mass is 32.1. The highest BCUT2D eigenvalue weighted by molar-refractivity contribution is 7.80. The molecule has 13 heteroatoms. The van der Waals surface area contributed by atoms with Crippen molar-refractivity contribution in [1.29, 1.82) is 0 Å². The molecule has 0 saturated heterocycles. The van der Waals surface area contributed by atoms with Gasteiger partial charge >= 0.3 is 5.97 Å². The quantitative estimate of drug-likeness (QED) is 0.147. The Morgan fingerprint density at radius 1 is 0.970 bits per heavy atom. The summed E-state index contributed by atoms with van der Waals surface area (Å²) in [6, 6.07) is 1.17. The smallest absolute Gasteiger partial charge is 0.326 e. The summed E-state index contributed by atoms with van der Waals surface area (Å²) in [4.78, 5) is 59.8. The third kappa shape index (κ3) is 9.78. The van der Waals surface area contributed by atoms with E-state index in [1.54, 1.807) is 0 Å². The maximum Gasteiger partial charge on any atom is 0.326 e. The Balaban J connectivity index is 2.80. The normalized spacial score (nSPS) is 14.3. The van der Waals surface area contributed by atoms with Gasteiger partial charge in [-0.25, -0.2) is 4.79 Å². The van der Waals surface area contributed by atoms with Crippen molar-refractivity contribution in [1.82, 2.24) is 16.0 Å². The molecule has 0 aliphatic rings. The first-order chi connectivity index (χ1) is 15.4. The van der Waals surface area contributed by atoms with Crippen LogP contribution in [0.5, 0.6) is 5.75 Å². The van der Waals surface area contributed by atoms with E-state index < -0.39 is 53.8 Å². The first-order valence-electron chi connectivity index (χ1n) is 10.0. The zero-order valence-electron chi connectivity index (χ0n) is 18.0. The van der Waals surface area contributed by atoms with Crippen LogP contribution in [0.3, 0.4) is 0 Å². The van der Waals surface area contributed by atoms with E-state index in [4.69, 9.17) is 11.5 Å². The van der Waals surface area contributed by atoms with Crippen molar-refractivity contribution in [3.8, 4) is 5.75 Å². The number of aromatic hydroxyl groups is 1. The molecule has 4 atom stereocenters. The summed E-state index contributed by atoms with van der Waals surface area (Å²) in [5.74, 6) is -4.17. The summed E-state index contributed by atoms with van der Waals surface area (Å²) in [5, 5.41) is 25.8. The fourth-order valence-corrected chi connectivity index (χ4v) is 2.83. The van der Waals surface area contributed by atoms with Crippen molar-refractivity contribution in [2.45, 2.75) is 50.4 Å². The van der Waals surface area contributed by atoms with Gasteiger partial charge in [-0.2, -0.15) is 12.6 Å². The number of aliphatic carboxylic acids is 1. The van der Waals surface area contributed by atoms with Gasteiger partial charge in [-0.15, -0.1) is 0 Å². The second kappa shape index (κ2) is 13.3. The Labute approximate surface area is 195 Å². The number of phenolic OH excluding ortho intramolecular Hbond substituents is 1. The molecule has 4 unspecified atom stereocenters.